The van der Waals surface area contributed by atoms with Gasteiger partial charge in [-0.25, -0.2) is 4.79 Å². The van der Waals surface area contributed by atoms with E-state index < -0.39 is 5.91 Å². The summed E-state index contributed by atoms with van der Waals surface area (Å²) < 4.78 is 0. The Kier molecular flexibility index (Phi) is 4.02. The number of rotatable bonds is 4. The highest BCUT2D eigenvalue weighted by Gasteiger charge is 2.45. The molecule has 1 N–H and O–H groups in total. The van der Waals surface area contributed by atoms with E-state index in [9.17, 15) is 14.4 Å². The van der Waals surface area contributed by atoms with Gasteiger partial charge in [-0.3, -0.25) is 14.5 Å². The minimum atomic E-state index is -0.410. The number of carbonyl (C=O) groups excluding carboxylic acids is 3. The monoisotopic (exact) mass is 275 g/mol. The third-order valence-electron chi connectivity index (χ3n) is 3.60. The molecule has 2 rings (SSSR count). The van der Waals surface area contributed by atoms with Crippen LogP contribution in [0.3, 0.4) is 0 Å². The van der Waals surface area contributed by atoms with E-state index in [1.165, 1.54) is 9.80 Å². The molecule has 1 aromatic carbocycles. The van der Waals surface area contributed by atoms with Crippen molar-refractivity contribution in [1.82, 2.24) is 15.1 Å². The van der Waals surface area contributed by atoms with Gasteiger partial charge in [0.25, 0.3) is 5.91 Å². The fourth-order valence-electron chi connectivity index (χ4n) is 2.44. The molecule has 1 aliphatic rings. The van der Waals surface area contributed by atoms with Crippen LogP contribution in [0.2, 0.25) is 0 Å². The third-order valence-corrected chi connectivity index (χ3v) is 3.60. The molecule has 6 nitrogen and oxygen atoms in total. The van der Waals surface area contributed by atoms with Gasteiger partial charge in [-0.15, -0.1) is 0 Å². The van der Waals surface area contributed by atoms with Gasteiger partial charge in [0.2, 0.25) is 6.41 Å². The van der Waals surface area contributed by atoms with Crippen molar-refractivity contribution in [2.24, 2.45) is 0 Å². The Balaban J connectivity index is 2.33. The molecule has 4 amide bonds. The van der Waals surface area contributed by atoms with E-state index in [0.717, 1.165) is 5.56 Å². The second-order valence-electron chi connectivity index (χ2n) is 4.75. The Hall–Kier alpha value is -2.37. The van der Waals surface area contributed by atoms with Crippen LogP contribution in [-0.4, -0.2) is 47.8 Å². The van der Waals surface area contributed by atoms with Crippen LogP contribution in [-0.2, 0) is 9.59 Å². The number of benzene rings is 1. The molecule has 1 heterocycles. The minimum Gasteiger partial charge on any atom is -0.350 e. The molecule has 6 heteroatoms. The predicted octanol–water partition coefficient (Wildman–Crippen LogP) is 0.756. The first-order valence-electron chi connectivity index (χ1n) is 6.38. The van der Waals surface area contributed by atoms with Gasteiger partial charge in [0.05, 0.1) is 18.6 Å². The number of amides is 4. The second-order valence-corrected chi connectivity index (χ2v) is 4.75. The topological polar surface area (TPSA) is 69.7 Å². The zero-order chi connectivity index (χ0) is 14.7. The van der Waals surface area contributed by atoms with E-state index in [4.69, 9.17) is 0 Å². The van der Waals surface area contributed by atoms with Gasteiger partial charge in [0, 0.05) is 7.05 Å². The lowest BCUT2D eigenvalue weighted by Crippen LogP contribution is -2.41. The molecule has 0 unspecified atom stereocenters. The molecule has 0 radical (unpaired) electrons. The molecule has 20 heavy (non-hydrogen) atoms. The van der Waals surface area contributed by atoms with Crippen molar-refractivity contribution in [2.75, 3.05) is 13.6 Å². The maximum Gasteiger partial charge on any atom is 0.327 e. The Morgan fingerprint density at radius 2 is 2.00 bits per heavy atom. The first-order valence-corrected chi connectivity index (χ1v) is 6.38. The standard InChI is InChI=1S/C14H17N3O3/c1-10-13(11-6-4-3-5-7-11)17(14(20)16(10)2)12(19)8-15-9-18/h3-7,9-10,13H,8H2,1-2H3,(H,15,18)/t10-,13-/m0/s1. The highest BCUT2D eigenvalue weighted by Crippen LogP contribution is 2.34. The van der Waals surface area contributed by atoms with Gasteiger partial charge in [-0.2, -0.15) is 0 Å². The molecular formula is C14H17N3O3. The number of nitrogens with one attached hydrogen (secondary N) is 1. The molecule has 2 atom stereocenters. The molecule has 106 valence electrons. The van der Waals surface area contributed by atoms with E-state index in [0.29, 0.717) is 6.41 Å². The van der Waals surface area contributed by atoms with E-state index in [1.807, 2.05) is 37.3 Å². The summed E-state index contributed by atoms with van der Waals surface area (Å²) in [7, 11) is 1.67. The number of nitrogens with zero attached hydrogens (tertiary/aromatic N) is 2. The lowest BCUT2D eigenvalue weighted by Gasteiger charge is -2.24. The fourth-order valence-corrected chi connectivity index (χ4v) is 2.44. The largest absolute Gasteiger partial charge is 0.350 e. The van der Waals surface area contributed by atoms with Crippen LogP contribution in [0.4, 0.5) is 4.79 Å². The molecule has 1 aliphatic heterocycles. The average Bonchev–Trinajstić information content (AvgIpc) is 2.70. The molecular weight excluding hydrogens is 258 g/mol. The van der Waals surface area contributed by atoms with Crippen molar-refractivity contribution in [3.05, 3.63) is 35.9 Å². The SMILES string of the molecule is C[C@H]1[C@@H](c2ccccc2)N(C(=O)CNC=O)C(=O)N1C. The Morgan fingerprint density at radius 1 is 1.35 bits per heavy atom. The molecule has 0 saturated carbocycles. The summed E-state index contributed by atoms with van der Waals surface area (Å²) in [6.45, 7) is 1.72. The number of hydrogen-bond acceptors (Lipinski definition) is 3. The Labute approximate surface area is 117 Å². The number of hydrogen-bond donors (Lipinski definition) is 1. The van der Waals surface area contributed by atoms with Crippen LogP contribution in [0.15, 0.2) is 30.3 Å². The fraction of sp³-hybridized carbons (Fsp3) is 0.357. The predicted molar refractivity (Wildman–Crippen MR) is 72.7 cm³/mol. The molecule has 1 saturated heterocycles. The highest BCUT2D eigenvalue weighted by atomic mass is 16.2. The lowest BCUT2D eigenvalue weighted by atomic mass is 10.0. The van der Waals surface area contributed by atoms with Crippen LogP contribution in [0.25, 0.3) is 0 Å². The summed E-state index contributed by atoms with van der Waals surface area (Å²) in [4.78, 5) is 37.4. The number of imide groups is 1. The van der Waals surface area contributed by atoms with Crippen molar-refractivity contribution in [3.8, 4) is 0 Å². The lowest BCUT2D eigenvalue weighted by molar-refractivity contribution is -0.129. The van der Waals surface area contributed by atoms with Crippen molar-refractivity contribution in [2.45, 2.75) is 19.0 Å². The van der Waals surface area contributed by atoms with Crippen LogP contribution in [0.1, 0.15) is 18.5 Å². The normalized spacial score (nSPS) is 22.0. The van der Waals surface area contributed by atoms with Crippen LogP contribution < -0.4 is 5.32 Å². The molecule has 1 fully saturated rings. The first-order chi connectivity index (χ1) is 9.57. The second kappa shape index (κ2) is 5.73. The third kappa shape index (κ3) is 2.36. The summed E-state index contributed by atoms with van der Waals surface area (Å²) >= 11 is 0. The van der Waals surface area contributed by atoms with E-state index in [1.54, 1.807) is 7.05 Å². The van der Waals surface area contributed by atoms with E-state index in [2.05, 4.69) is 5.32 Å². The molecule has 1 aromatic rings. The van der Waals surface area contributed by atoms with Gasteiger partial charge in [-0.1, -0.05) is 30.3 Å². The number of likely N-dealkylation sites (N-methyl/N-ethyl adjacent to an activating group) is 1. The van der Waals surface area contributed by atoms with Gasteiger partial charge in [0.1, 0.15) is 0 Å². The molecule has 0 aliphatic carbocycles. The zero-order valence-electron chi connectivity index (χ0n) is 11.4. The smallest absolute Gasteiger partial charge is 0.327 e. The van der Waals surface area contributed by atoms with Crippen molar-refractivity contribution >= 4 is 18.3 Å². The van der Waals surface area contributed by atoms with Gasteiger partial charge in [-0.05, 0) is 12.5 Å². The maximum absolute atomic E-state index is 12.2. The average molecular weight is 275 g/mol. The maximum atomic E-state index is 12.2. The number of urea groups is 1. The van der Waals surface area contributed by atoms with E-state index >= 15 is 0 Å². The first kappa shape index (κ1) is 14.0. The van der Waals surface area contributed by atoms with Crippen molar-refractivity contribution in [1.29, 1.82) is 0 Å². The minimum absolute atomic E-state index is 0.120. The van der Waals surface area contributed by atoms with Crippen LogP contribution in [0.5, 0.6) is 0 Å². The van der Waals surface area contributed by atoms with Crippen molar-refractivity contribution in [3.63, 3.8) is 0 Å². The van der Waals surface area contributed by atoms with E-state index in [-0.39, 0.29) is 24.7 Å². The van der Waals surface area contributed by atoms with Gasteiger partial charge >= 0.3 is 6.03 Å². The quantitative estimate of drug-likeness (QED) is 0.825. The summed E-state index contributed by atoms with van der Waals surface area (Å²) in [5.41, 5.74) is 0.900. The van der Waals surface area contributed by atoms with Crippen LogP contribution in [0, 0.1) is 0 Å². The number of carbonyl (C=O) groups is 3. The summed E-state index contributed by atoms with van der Waals surface area (Å²) in [6, 6.07) is 8.61. The Bertz CT molecular complexity index is 518. The van der Waals surface area contributed by atoms with Gasteiger partial charge < -0.3 is 10.2 Å². The van der Waals surface area contributed by atoms with Crippen molar-refractivity contribution < 1.29 is 14.4 Å². The summed E-state index contributed by atoms with van der Waals surface area (Å²) in [6.07, 6.45) is 0.448. The summed E-state index contributed by atoms with van der Waals surface area (Å²) in [5.74, 6) is -0.410. The van der Waals surface area contributed by atoms with Crippen LogP contribution >= 0.6 is 0 Å². The molecule has 0 spiro atoms. The van der Waals surface area contributed by atoms with Gasteiger partial charge in [0.15, 0.2) is 0 Å². The molecule has 0 aromatic heterocycles. The Morgan fingerprint density at radius 3 is 2.60 bits per heavy atom. The summed E-state index contributed by atoms with van der Waals surface area (Å²) in [5, 5.41) is 2.30. The highest BCUT2D eigenvalue weighted by molar-refractivity contribution is 5.98. The molecule has 0 bridgehead atoms. The zero-order valence-corrected chi connectivity index (χ0v) is 11.4.